The molecule has 1 aromatic rings. The normalized spacial score (nSPS) is 23.2. The lowest BCUT2D eigenvalue weighted by molar-refractivity contribution is -0.153. The van der Waals surface area contributed by atoms with E-state index < -0.39 is 24.7 Å². The summed E-state index contributed by atoms with van der Waals surface area (Å²) in [5, 5.41) is 9.67. The van der Waals surface area contributed by atoms with Gasteiger partial charge in [0.15, 0.2) is 6.61 Å². The molecule has 1 aliphatic heterocycles. The van der Waals surface area contributed by atoms with E-state index in [4.69, 9.17) is 0 Å². The molecule has 0 amide bonds. The Labute approximate surface area is 120 Å². The monoisotopic (exact) mass is 307 g/mol. The van der Waals surface area contributed by atoms with Crippen LogP contribution in [0.1, 0.15) is 13.3 Å². The molecule has 0 aliphatic carbocycles. The number of anilines is 1. The van der Waals surface area contributed by atoms with Gasteiger partial charge in [-0.1, -0.05) is 6.92 Å². The minimum absolute atomic E-state index is 0.0255. The van der Waals surface area contributed by atoms with Gasteiger partial charge in [-0.05, 0) is 24.5 Å². The molecule has 1 saturated heterocycles. The zero-order valence-corrected chi connectivity index (χ0v) is 11.5. The molecule has 2 atom stereocenters. The summed E-state index contributed by atoms with van der Waals surface area (Å²) in [5.41, 5.74) is 0.202. The van der Waals surface area contributed by atoms with Crippen molar-refractivity contribution in [2.24, 2.45) is 5.92 Å². The summed E-state index contributed by atoms with van der Waals surface area (Å²) in [6.07, 6.45) is -4.37. The number of hydrogen-bond donors (Lipinski definition) is 1. The molecule has 1 N–H and O–H groups in total. The van der Waals surface area contributed by atoms with Crippen LogP contribution in [-0.4, -0.2) is 37.1 Å². The van der Waals surface area contributed by atoms with Crippen LogP contribution < -0.4 is 9.64 Å². The third kappa shape index (κ3) is 4.23. The third-order valence-electron chi connectivity index (χ3n) is 3.52. The van der Waals surface area contributed by atoms with Crippen molar-refractivity contribution in [2.75, 3.05) is 24.6 Å². The Hall–Kier alpha value is -1.50. The second-order valence-corrected chi connectivity index (χ2v) is 5.30. The maximum absolute atomic E-state index is 13.9. The van der Waals surface area contributed by atoms with Crippen LogP contribution in [0.25, 0.3) is 0 Å². The van der Waals surface area contributed by atoms with Crippen molar-refractivity contribution in [3.63, 3.8) is 0 Å². The van der Waals surface area contributed by atoms with Crippen LogP contribution >= 0.6 is 0 Å². The van der Waals surface area contributed by atoms with E-state index in [1.165, 1.54) is 12.1 Å². The van der Waals surface area contributed by atoms with Crippen molar-refractivity contribution in [3.05, 3.63) is 24.0 Å². The van der Waals surface area contributed by atoms with Gasteiger partial charge in [0.2, 0.25) is 0 Å². The van der Waals surface area contributed by atoms with Gasteiger partial charge in [0.1, 0.15) is 11.6 Å². The number of nitrogens with zero attached hydrogens (tertiary/aromatic N) is 1. The van der Waals surface area contributed by atoms with Crippen LogP contribution in [0.2, 0.25) is 0 Å². The van der Waals surface area contributed by atoms with Crippen molar-refractivity contribution in [1.29, 1.82) is 0 Å². The molecule has 0 unspecified atom stereocenters. The number of rotatable bonds is 3. The summed E-state index contributed by atoms with van der Waals surface area (Å²) in [7, 11) is 0. The highest BCUT2D eigenvalue weighted by Crippen LogP contribution is 2.30. The van der Waals surface area contributed by atoms with Gasteiger partial charge in [0, 0.05) is 19.2 Å². The van der Waals surface area contributed by atoms with E-state index in [9.17, 15) is 22.7 Å². The predicted molar refractivity (Wildman–Crippen MR) is 70.0 cm³/mol. The van der Waals surface area contributed by atoms with Crippen LogP contribution in [0.3, 0.4) is 0 Å². The maximum atomic E-state index is 13.9. The smallest absolute Gasteiger partial charge is 0.422 e. The fraction of sp³-hybridized carbons (Fsp3) is 0.571. The fourth-order valence-electron chi connectivity index (χ4n) is 2.34. The summed E-state index contributed by atoms with van der Waals surface area (Å²) in [5.74, 6) is -0.571. The molecule has 0 bridgehead atoms. The first kappa shape index (κ1) is 15.9. The average Bonchev–Trinajstić information content (AvgIpc) is 2.40. The van der Waals surface area contributed by atoms with E-state index in [0.29, 0.717) is 19.5 Å². The molecule has 7 heteroatoms. The summed E-state index contributed by atoms with van der Waals surface area (Å²) in [6.45, 7) is 1.33. The highest BCUT2D eigenvalue weighted by atomic mass is 19.4. The third-order valence-corrected chi connectivity index (χ3v) is 3.52. The number of ether oxygens (including phenoxy) is 1. The van der Waals surface area contributed by atoms with Crippen molar-refractivity contribution >= 4 is 5.69 Å². The van der Waals surface area contributed by atoms with Crippen molar-refractivity contribution < 1.29 is 27.4 Å². The lowest BCUT2D eigenvalue weighted by atomic mass is 9.96. The van der Waals surface area contributed by atoms with Crippen molar-refractivity contribution in [3.8, 4) is 5.75 Å². The van der Waals surface area contributed by atoms with Crippen LogP contribution in [-0.2, 0) is 0 Å². The first-order valence-corrected chi connectivity index (χ1v) is 6.68. The van der Waals surface area contributed by atoms with Gasteiger partial charge in [-0.2, -0.15) is 13.2 Å². The predicted octanol–water partition coefficient (Wildman–Crippen LogP) is 2.97. The lowest BCUT2D eigenvalue weighted by Crippen LogP contribution is -2.42. The highest BCUT2D eigenvalue weighted by molar-refractivity contribution is 5.52. The first-order chi connectivity index (χ1) is 9.76. The Balaban J connectivity index is 2.12. The van der Waals surface area contributed by atoms with Gasteiger partial charge in [-0.3, -0.25) is 0 Å². The summed E-state index contributed by atoms with van der Waals surface area (Å²) >= 11 is 0. The minimum atomic E-state index is -4.43. The van der Waals surface area contributed by atoms with E-state index in [2.05, 4.69) is 4.74 Å². The van der Waals surface area contributed by atoms with Crippen LogP contribution in [0.4, 0.5) is 23.2 Å². The minimum Gasteiger partial charge on any atom is -0.484 e. The largest absolute Gasteiger partial charge is 0.484 e. The summed E-state index contributed by atoms with van der Waals surface area (Å²) in [6, 6.07) is 3.54. The summed E-state index contributed by atoms with van der Waals surface area (Å²) in [4.78, 5) is 1.72. The second-order valence-electron chi connectivity index (χ2n) is 5.30. The molecule has 118 valence electrons. The Morgan fingerprint density at radius 2 is 2.10 bits per heavy atom. The quantitative estimate of drug-likeness (QED) is 0.872. The second kappa shape index (κ2) is 6.09. The van der Waals surface area contributed by atoms with Gasteiger partial charge in [-0.25, -0.2) is 4.39 Å². The maximum Gasteiger partial charge on any atom is 0.422 e. The van der Waals surface area contributed by atoms with Gasteiger partial charge in [0.05, 0.1) is 11.8 Å². The molecule has 2 rings (SSSR count). The van der Waals surface area contributed by atoms with Gasteiger partial charge >= 0.3 is 6.18 Å². The number of hydrogen-bond acceptors (Lipinski definition) is 3. The molecular formula is C14H17F4NO2. The zero-order valence-electron chi connectivity index (χ0n) is 11.5. The SMILES string of the molecule is C[C@H]1CN(c2cc(OCC(F)(F)F)ccc2F)CC[C@H]1O. The molecule has 0 aromatic heterocycles. The van der Waals surface area contributed by atoms with Crippen LogP contribution in [0.15, 0.2) is 18.2 Å². The standard InChI is InChI=1S/C14H17F4NO2/c1-9-7-19(5-4-13(9)20)12-6-10(2-3-11(12)15)21-8-14(16,17)18/h2-3,6,9,13,20H,4-5,7-8H2,1H3/t9-,13+/m0/s1. The van der Waals surface area contributed by atoms with E-state index in [0.717, 1.165) is 6.07 Å². The van der Waals surface area contributed by atoms with Crippen LogP contribution in [0, 0.1) is 11.7 Å². The molecular weight excluding hydrogens is 290 g/mol. The molecule has 1 aliphatic rings. The topological polar surface area (TPSA) is 32.7 Å². The Kier molecular flexibility index (Phi) is 4.61. The lowest BCUT2D eigenvalue weighted by Gasteiger charge is -2.36. The zero-order chi connectivity index (χ0) is 15.6. The van der Waals surface area contributed by atoms with E-state index in [1.807, 2.05) is 6.92 Å². The van der Waals surface area contributed by atoms with Gasteiger partial charge in [0.25, 0.3) is 0 Å². The number of piperidine rings is 1. The van der Waals surface area contributed by atoms with Crippen LogP contribution in [0.5, 0.6) is 5.75 Å². The molecule has 21 heavy (non-hydrogen) atoms. The number of aliphatic hydroxyl groups excluding tert-OH is 1. The van der Waals surface area contributed by atoms with Crippen molar-refractivity contribution in [2.45, 2.75) is 25.6 Å². The van der Waals surface area contributed by atoms with Gasteiger partial charge < -0.3 is 14.7 Å². The number of aliphatic hydroxyl groups is 1. The first-order valence-electron chi connectivity index (χ1n) is 6.68. The molecule has 0 spiro atoms. The highest BCUT2D eigenvalue weighted by Gasteiger charge is 2.29. The molecule has 1 fully saturated rings. The number of halogens is 4. The fourth-order valence-corrected chi connectivity index (χ4v) is 2.34. The Morgan fingerprint density at radius 3 is 2.71 bits per heavy atom. The molecule has 3 nitrogen and oxygen atoms in total. The Bertz CT molecular complexity index is 492. The molecule has 0 saturated carbocycles. The average molecular weight is 307 g/mol. The number of alkyl halides is 3. The van der Waals surface area contributed by atoms with E-state index in [-0.39, 0.29) is 17.4 Å². The Morgan fingerprint density at radius 1 is 1.38 bits per heavy atom. The summed E-state index contributed by atoms with van der Waals surface area (Å²) < 4.78 is 54.9. The molecule has 1 heterocycles. The van der Waals surface area contributed by atoms with E-state index in [1.54, 1.807) is 4.90 Å². The van der Waals surface area contributed by atoms with Gasteiger partial charge in [-0.15, -0.1) is 0 Å². The van der Waals surface area contributed by atoms with Crippen molar-refractivity contribution in [1.82, 2.24) is 0 Å². The van der Waals surface area contributed by atoms with E-state index >= 15 is 0 Å². The molecule has 1 aromatic carbocycles. The number of benzene rings is 1. The molecule has 0 radical (unpaired) electrons.